The molecule has 0 radical (unpaired) electrons. The molecule has 0 aliphatic rings. The van der Waals surface area contributed by atoms with Gasteiger partial charge in [0.15, 0.2) is 0 Å². The smallest absolute Gasteiger partial charge is 0.281 e. The van der Waals surface area contributed by atoms with Crippen molar-refractivity contribution in [3.63, 3.8) is 0 Å². The maximum Gasteiger partial charge on any atom is 0.281 e. The molecule has 0 unspecified atom stereocenters. The lowest BCUT2D eigenvalue weighted by molar-refractivity contribution is 0.102. The Bertz CT molecular complexity index is 1060. The van der Waals surface area contributed by atoms with Crippen LogP contribution in [0, 0.1) is 12.7 Å². The number of pyridine rings is 1. The van der Waals surface area contributed by atoms with Crippen LogP contribution in [-0.2, 0) is 11.2 Å². The molecule has 146 valence electrons. The minimum Gasteiger partial charge on any atom is -0.465 e. The van der Waals surface area contributed by atoms with Gasteiger partial charge < -0.3 is 20.2 Å². The van der Waals surface area contributed by atoms with E-state index in [0.29, 0.717) is 27.6 Å². The molecule has 0 saturated heterocycles. The van der Waals surface area contributed by atoms with E-state index in [1.165, 1.54) is 19.2 Å². The fourth-order valence-electron chi connectivity index (χ4n) is 2.72. The molecule has 3 rings (SSSR count). The molecule has 0 saturated carbocycles. The number of aliphatic imine (C=N–C) groups is 1. The van der Waals surface area contributed by atoms with Crippen molar-refractivity contribution in [3.8, 4) is 0 Å². The Labute approximate surface area is 166 Å². The Hall–Kier alpha value is -3.13. The van der Waals surface area contributed by atoms with Crippen LogP contribution in [0.1, 0.15) is 21.7 Å². The van der Waals surface area contributed by atoms with Gasteiger partial charge in [-0.3, -0.25) is 4.79 Å². The highest BCUT2D eigenvalue weighted by molar-refractivity contribution is 6.30. The summed E-state index contributed by atoms with van der Waals surface area (Å²) in [5.41, 5.74) is 7.82. The zero-order chi connectivity index (χ0) is 20.3. The van der Waals surface area contributed by atoms with E-state index in [4.69, 9.17) is 22.1 Å². The standard InChI is InChI=1S/C19H19ClFN5O2/c1-11-17(25-16-6-3-13(20)10-26(11)16)18(27)24-14-4-5-15(21)12(9-14)7-8-28-19(22)23-2/h3-6,9-10H,7-8H2,1-2H3,(H2,22,23)(H,24,27). The highest BCUT2D eigenvalue weighted by Crippen LogP contribution is 2.19. The Kier molecular flexibility index (Phi) is 5.79. The Morgan fingerprint density at radius 2 is 2.18 bits per heavy atom. The van der Waals surface area contributed by atoms with Crippen molar-refractivity contribution in [2.75, 3.05) is 19.0 Å². The number of fused-ring (bicyclic) bond motifs is 1. The van der Waals surface area contributed by atoms with Gasteiger partial charge in [0, 0.05) is 25.4 Å². The van der Waals surface area contributed by atoms with Crippen molar-refractivity contribution in [3.05, 3.63) is 64.3 Å². The average Bonchev–Trinajstić information content (AvgIpc) is 3.00. The first kappa shape index (κ1) is 19.6. The number of rotatable bonds is 5. The first-order chi connectivity index (χ1) is 13.4. The molecule has 0 bridgehead atoms. The van der Waals surface area contributed by atoms with E-state index in [1.807, 2.05) is 0 Å². The lowest BCUT2D eigenvalue weighted by Gasteiger charge is -2.09. The number of amides is 1. The number of ether oxygens (including phenoxy) is 1. The summed E-state index contributed by atoms with van der Waals surface area (Å²) in [5, 5.41) is 3.29. The number of nitrogens with two attached hydrogens (primary N) is 1. The van der Waals surface area contributed by atoms with Crippen molar-refractivity contribution in [2.45, 2.75) is 13.3 Å². The molecule has 0 fully saturated rings. The second kappa shape index (κ2) is 8.26. The summed E-state index contributed by atoms with van der Waals surface area (Å²) in [4.78, 5) is 20.7. The molecule has 3 aromatic rings. The number of nitrogens with zero attached hydrogens (tertiary/aromatic N) is 3. The Balaban J connectivity index is 1.77. The number of imidazole rings is 1. The molecule has 0 spiro atoms. The second-order valence-corrected chi connectivity index (χ2v) is 6.48. The van der Waals surface area contributed by atoms with Crippen LogP contribution in [0.5, 0.6) is 0 Å². The van der Waals surface area contributed by atoms with E-state index < -0.39 is 11.7 Å². The normalized spacial score (nSPS) is 11.6. The first-order valence-electron chi connectivity index (χ1n) is 8.48. The summed E-state index contributed by atoms with van der Waals surface area (Å²) in [6, 6.07) is 7.80. The number of hydrogen-bond donors (Lipinski definition) is 2. The topological polar surface area (TPSA) is 94.0 Å². The molecule has 0 aliphatic heterocycles. The SMILES string of the molecule is CN=C(N)OCCc1cc(NC(=O)c2nc3ccc(Cl)cn3c2C)ccc1F. The lowest BCUT2D eigenvalue weighted by Crippen LogP contribution is -2.18. The van der Waals surface area contributed by atoms with Gasteiger partial charge in [0.1, 0.15) is 17.2 Å². The van der Waals surface area contributed by atoms with Crippen molar-refractivity contribution in [1.29, 1.82) is 0 Å². The molecule has 2 heterocycles. The van der Waals surface area contributed by atoms with E-state index >= 15 is 0 Å². The number of hydrogen-bond acceptors (Lipinski definition) is 4. The fraction of sp³-hybridized carbons (Fsp3) is 0.211. The molecule has 1 aromatic carbocycles. The third kappa shape index (κ3) is 4.23. The number of anilines is 1. The number of amidine groups is 1. The van der Waals surface area contributed by atoms with Gasteiger partial charge in [0.25, 0.3) is 11.9 Å². The minimum absolute atomic E-state index is 0.0345. The van der Waals surface area contributed by atoms with Crippen LogP contribution >= 0.6 is 11.6 Å². The van der Waals surface area contributed by atoms with Crippen LogP contribution in [0.15, 0.2) is 41.5 Å². The molecular formula is C19H19ClFN5O2. The quantitative estimate of drug-likeness (QED) is 0.505. The highest BCUT2D eigenvalue weighted by atomic mass is 35.5. The monoisotopic (exact) mass is 403 g/mol. The van der Waals surface area contributed by atoms with E-state index in [1.54, 1.807) is 35.7 Å². The van der Waals surface area contributed by atoms with Crippen molar-refractivity contribution in [1.82, 2.24) is 9.38 Å². The first-order valence-corrected chi connectivity index (χ1v) is 8.86. The number of carbonyl (C=O) groups excluding carboxylic acids is 1. The van der Waals surface area contributed by atoms with Gasteiger partial charge in [-0.05, 0) is 42.8 Å². The lowest BCUT2D eigenvalue weighted by atomic mass is 10.1. The molecular weight excluding hydrogens is 385 g/mol. The highest BCUT2D eigenvalue weighted by Gasteiger charge is 2.17. The van der Waals surface area contributed by atoms with Crippen LogP contribution in [0.4, 0.5) is 10.1 Å². The van der Waals surface area contributed by atoms with E-state index in [-0.39, 0.29) is 24.7 Å². The number of carbonyl (C=O) groups is 1. The maximum absolute atomic E-state index is 14.0. The average molecular weight is 404 g/mol. The molecule has 3 N–H and O–H groups in total. The van der Waals surface area contributed by atoms with E-state index in [9.17, 15) is 9.18 Å². The van der Waals surface area contributed by atoms with E-state index in [2.05, 4.69) is 15.3 Å². The Morgan fingerprint density at radius 1 is 1.39 bits per heavy atom. The van der Waals surface area contributed by atoms with Crippen LogP contribution in [0.3, 0.4) is 0 Å². The number of aromatic nitrogens is 2. The summed E-state index contributed by atoms with van der Waals surface area (Å²) in [5.74, 6) is -0.791. The summed E-state index contributed by atoms with van der Waals surface area (Å²) < 4.78 is 20.9. The summed E-state index contributed by atoms with van der Waals surface area (Å²) >= 11 is 6.00. The molecule has 9 heteroatoms. The maximum atomic E-state index is 14.0. The second-order valence-electron chi connectivity index (χ2n) is 6.04. The number of nitrogens with one attached hydrogen (secondary N) is 1. The van der Waals surface area contributed by atoms with Gasteiger partial charge in [-0.1, -0.05) is 11.6 Å². The fourth-order valence-corrected chi connectivity index (χ4v) is 2.88. The number of benzene rings is 1. The van der Waals surface area contributed by atoms with E-state index in [0.717, 1.165) is 0 Å². The third-order valence-corrected chi connectivity index (χ3v) is 4.41. The summed E-state index contributed by atoms with van der Waals surface area (Å²) in [7, 11) is 1.50. The van der Waals surface area contributed by atoms with Gasteiger partial charge in [-0.2, -0.15) is 0 Å². The van der Waals surface area contributed by atoms with Gasteiger partial charge in [0.2, 0.25) is 0 Å². The molecule has 28 heavy (non-hydrogen) atoms. The summed E-state index contributed by atoms with van der Waals surface area (Å²) in [6.45, 7) is 1.95. The predicted octanol–water partition coefficient (Wildman–Crippen LogP) is 3.19. The van der Waals surface area contributed by atoms with Crippen LogP contribution in [0.2, 0.25) is 5.02 Å². The predicted molar refractivity (Wildman–Crippen MR) is 106 cm³/mol. The van der Waals surface area contributed by atoms with Crippen LogP contribution in [0.25, 0.3) is 5.65 Å². The number of halogens is 2. The van der Waals surface area contributed by atoms with Gasteiger partial charge in [0.05, 0.1) is 17.3 Å². The Morgan fingerprint density at radius 3 is 2.93 bits per heavy atom. The molecule has 0 atom stereocenters. The summed E-state index contributed by atoms with van der Waals surface area (Å²) in [6.07, 6.45) is 1.97. The molecule has 1 amide bonds. The van der Waals surface area contributed by atoms with Crippen LogP contribution in [-0.4, -0.2) is 35.0 Å². The van der Waals surface area contributed by atoms with Crippen molar-refractivity contribution >= 4 is 34.9 Å². The van der Waals surface area contributed by atoms with Crippen molar-refractivity contribution in [2.24, 2.45) is 10.7 Å². The largest absolute Gasteiger partial charge is 0.465 e. The third-order valence-electron chi connectivity index (χ3n) is 4.18. The zero-order valence-corrected chi connectivity index (χ0v) is 16.1. The van der Waals surface area contributed by atoms with Gasteiger partial charge >= 0.3 is 0 Å². The molecule has 7 nitrogen and oxygen atoms in total. The zero-order valence-electron chi connectivity index (χ0n) is 15.4. The van der Waals surface area contributed by atoms with Gasteiger partial charge in [-0.25, -0.2) is 14.4 Å². The molecule has 0 aliphatic carbocycles. The van der Waals surface area contributed by atoms with Crippen LogP contribution < -0.4 is 11.1 Å². The molecule has 2 aromatic heterocycles. The van der Waals surface area contributed by atoms with Crippen molar-refractivity contribution < 1.29 is 13.9 Å². The minimum atomic E-state index is -0.396. The number of aryl methyl sites for hydroxylation is 1. The van der Waals surface area contributed by atoms with Gasteiger partial charge in [-0.15, -0.1) is 0 Å².